The van der Waals surface area contributed by atoms with Gasteiger partial charge in [0.2, 0.25) is 0 Å². The zero-order chi connectivity index (χ0) is 12.9. The zero-order valence-electron chi connectivity index (χ0n) is 12.1. The van der Waals surface area contributed by atoms with E-state index in [-0.39, 0.29) is 5.60 Å². The molecule has 1 aliphatic rings. The van der Waals surface area contributed by atoms with Crippen LogP contribution in [0.1, 0.15) is 52.9 Å². The van der Waals surface area contributed by atoms with Crippen molar-refractivity contribution in [3.05, 3.63) is 0 Å². The molecular formula is C14H29NOS. The SMILES string of the molecule is COC(C)(C)CC(C)NCC1(SC)CCCC1. The average Bonchev–Trinajstić information content (AvgIpc) is 2.75. The van der Waals surface area contributed by atoms with Crippen molar-refractivity contribution in [2.45, 2.75) is 69.3 Å². The Bertz CT molecular complexity index is 224. The fourth-order valence-electron chi connectivity index (χ4n) is 2.73. The van der Waals surface area contributed by atoms with E-state index >= 15 is 0 Å². The Labute approximate surface area is 111 Å². The minimum Gasteiger partial charge on any atom is -0.379 e. The molecule has 0 radical (unpaired) electrons. The van der Waals surface area contributed by atoms with Crippen LogP contribution in [0.5, 0.6) is 0 Å². The molecule has 1 rings (SSSR count). The standard InChI is InChI=1S/C14H29NOS/c1-12(10-13(2,3)16-4)15-11-14(17-5)8-6-7-9-14/h12,15H,6-11H2,1-5H3. The Morgan fingerprint density at radius 2 is 1.94 bits per heavy atom. The third-order valence-electron chi connectivity index (χ3n) is 4.07. The largest absolute Gasteiger partial charge is 0.379 e. The van der Waals surface area contributed by atoms with E-state index in [9.17, 15) is 0 Å². The summed E-state index contributed by atoms with van der Waals surface area (Å²) in [6, 6.07) is 0.523. The first-order chi connectivity index (χ1) is 7.93. The maximum atomic E-state index is 5.49. The van der Waals surface area contributed by atoms with Crippen LogP contribution in [-0.4, -0.2) is 36.3 Å². The van der Waals surface area contributed by atoms with Gasteiger partial charge in [-0.15, -0.1) is 0 Å². The highest BCUT2D eigenvalue weighted by Gasteiger charge is 2.33. The van der Waals surface area contributed by atoms with Crippen molar-refractivity contribution in [3.8, 4) is 0 Å². The van der Waals surface area contributed by atoms with E-state index in [1.165, 1.54) is 25.7 Å². The van der Waals surface area contributed by atoms with Crippen LogP contribution in [0.15, 0.2) is 0 Å². The van der Waals surface area contributed by atoms with Gasteiger partial charge in [-0.1, -0.05) is 12.8 Å². The van der Waals surface area contributed by atoms with Gasteiger partial charge in [-0.05, 0) is 46.3 Å². The predicted octanol–water partition coefficient (Wildman–Crippen LogP) is 3.46. The summed E-state index contributed by atoms with van der Waals surface area (Å²) >= 11 is 2.05. The van der Waals surface area contributed by atoms with Gasteiger partial charge in [0.15, 0.2) is 0 Å². The number of hydrogen-bond acceptors (Lipinski definition) is 3. The number of ether oxygens (including phenoxy) is 1. The summed E-state index contributed by atoms with van der Waals surface area (Å²) in [7, 11) is 1.80. The normalized spacial score (nSPS) is 21.7. The summed E-state index contributed by atoms with van der Waals surface area (Å²) in [6.07, 6.45) is 8.88. The monoisotopic (exact) mass is 259 g/mol. The second-order valence-electron chi connectivity index (χ2n) is 6.04. The molecule has 1 fully saturated rings. The molecule has 1 unspecified atom stereocenters. The van der Waals surface area contributed by atoms with Gasteiger partial charge < -0.3 is 10.1 Å². The second-order valence-corrected chi connectivity index (χ2v) is 7.32. The molecule has 0 saturated heterocycles. The molecule has 0 bridgehead atoms. The predicted molar refractivity (Wildman–Crippen MR) is 77.9 cm³/mol. The van der Waals surface area contributed by atoms with Crippen LogP contribution in [0.2, 0.25) is 0 Å². The summed E-state index contributed by atoms with van der Waals surface area (Å²) in [4.78, 5) is 0. The highest BCUT2D eigenvalue weighted by atomic mass is 32.2. The summed E-state index contributed by atoms with van der Waals surface area (Å²) < 4.78 is 5.99. The van der Waals surface area contributed by atoms with E-state index in [4.69, 9.17) is 4.74 Å². The van der Waals surface area contributed by atoms with Crippen LogP contribution in [0.25, 0.3) is 0 Å². The third-order valence-corrected chi connectivity index (χ3v) is 5.49. The van der Waals surface area contributed by atoms with E-state index in [2.05, 4.69) is 44.1 Å². The Morgan fingerprint density at radius 1 is 1.35 bits per heavy atom. The number of thioether (sulfide) groups is 1. The first-order valence-electron chi connectivity index (χ1n) is 6.77. The molecule has 0 aliphatic heterocycles. The number of hydrogen-bond donors (Lipinski definition) is 1. The first kappa shape index (κ1) is 15.3. The molecule has 0 aromatic heterocycles. The summed E-state index contributed by atoms with van der Waals surface area (Å²) in [5, 5.41) is 3.71. The van der Waals surface area contributed by atoms with Crippen molar-refractivity contribution >= 4 is 11.8 Å². The van der Waals surface area contributed by atoms with Crippen molar-refractivity contribution in [3.63, 3.8) is 0 Å². The fraction of sp³-hybridized carbons (Fsp3) is 1.00. The van der Waals surface area contributed by atoms with E-state index in [0.717, 1.165) is 13.0 Å². The molecule has 1 N–H and O–H groups in total. The lowest BCUT2D eigenvalue weighted by Gasteiger charge is -2.32. The number of rotatable bonds is 7. The molecule has 1 atom stereocenters. The van der Waals surface area contributed by atoms with Gasteiger partial charge in [-0.3, -0.25) is 0 Å². The number of nitrogens with one attached hydrogen (secondary N) is 1. The van der Waals surface area contributed by atoms with Crippen LogP contribution in [0.4, 0.5) is 0 Å². The lowest BCUT2D eigenvalue weighted by atomic mass is 9.99. The van der Waals surface area contributed by atoms with E-state index in [0.29, 0.717) is 10.8 Å². The maximum Gasteiger partial charge on any atom is 0.0637 e. The van der Waals surface area contributed by atoms with Gasteiger partial charge in [0.25, 0.3) is 0 Å². The van der Waals surface area contributed by atoms with Crippen LogP contribution < -0.4 is 5.32 Å². The summed E-state index contributed by atoms with van der Waals surface area (Å²) in [5.74, 6) is 0. The molecule has 0 spiro atoms. The molecule has 102 valence electrons. The van der Waals surface area contributed by atoms with Gasteiger partial charge in [-0.2, -0.15) is 11.8 Å². The van der Waals surface area contributed by atoms with Gasteiger partial charge in [0, 0.05) is 24.4 Å². The summed E-state index contributed by atoms with van der Waals surface area (Å²) in [6.45, 7) is 7.73. The molecule has 0 aromatic rings. The smallest absolute Gasteiger partial charge is 0.0637 e. The lowest BCUT2D eigenvalue weighted by molar-refractivity contribution is 0.00844. The molecular weight excluding hydrogens is 230 g/mol. The molecule has 2 nitrogen and oxygen atoms in total. The molecule has 17 heavy (non-hydrogen) atoms. The Hall–Kier alpha value is 0.270. The van der Waals surface area contributed by atoms with Crippen molar-refractivity contribution in [1.82, 2.24) is 5.32 Å². The second kappa shape index (κ2) is 6.44. The maximum absolute atomic E-state index is 5.49. The van der Waals surface area contributed by atoms with Crippen molar-refractivity contribution in [2.24, 2.45) is 0 Å². The summed E-state index contributed by atoms with van der Waals surface area (Å²) in [5.41, 5.74) is -0.0192. The Morgan fingerprint density at radius 3 is 2.41 bits per heavy atom. The molecule has 1 saturated carbocycles. The quantitative estimate of drug-likeness (QED) is 0.756. The van der Waals surface area contributed by atoms with Crippen molar-refractivity contribution in [2.75, 3.05) is 19.9 Å². The molecule has 0 heterocycles. The highest BCUT2D eigenvalue weighted by molar-refractivity contribution is 8.00. The van der Waals surface area contributed by atoms with Crippen LogP contribution in [0, 0.1) is 0 Å². The molecule has 1 aliphatic carbocycles. The zero-order valence-corrected chi connectivity index (χ0v) is 13.0. The van der Waals surface area contributed by atoms with Gasteiger partial charge in [-0.25, -0.2) is 0 Å². The highest BCUT2D eigenvalue weighted by Crippen LogP contribution is 2.39. The van der Waals surface area contributed by atoms with Crippen molar-refractivity contribution < 1.29 is 4.74 Å². The van der Waals surface area contributed by atoms with Gasteiger partial charge >= 0.3 is 0 Å². The minimum absolute atomic E-state index is 0.0192. The van der Waals surface area contributed by atoms with Gasteiger partial charge in [0.05, 0.1) is 5.60 Å². The van der Waals surface area contributed by atoms with E-state index in [1.807, 2.05) is 0 Å². The van der Waals surface area contributed by atoms with E-state index < -0.39 is 0 Å². The van der Waals surface area contributed by atoms with E-state index in [1.54, 1.807) is 7.11 Å². The lowest BCUT2D eigenvalue weighted by Crippen LogP contribution is -2.42. The fourth-order valence-corrected chi connectivity index (χ4v) is 3.65. The number of methoxy groups -OCH3 is 1. The molecule has 3 heteroatoms. The third kappa shape index (κ3) is 4.80. The van der Waals surface area contributed by atoms with Gasteiger partial charge in [0.1, 0.15) is 0 Å². The Kier molecular flexibility index (Phi) is 5.81. The van der Waals surface area contributed by atoms with Crippen LogP contribution >= 0.6 is 11.8 Å². The van der Waals surface area contributed by atoms with Crippen molar-refractivity contribution in [1.29, 1.82) is 0 Å². The first-order valence-corrected chi connectivity index (χ1v) is 7.99. The molecule has 0 aromatic carbocycles. The topological polar surface area (TPSA) is 21.3 Å². The Balaban J connectivity index is 2.34. The van der Waals surface area contributed by atoms with Crippen LogP contribution in [-0.2, 0) is 4.74 Å². The van der Waals surface area contributed by atoms with Crippen LogP contribution in [0.3, 0.4) is 0 Å². The molecule has 0 amide bonds. The minimum atomic E-state index is -0.0192. The average molecular weight is 259 g/mol.